The summed E-state index contributed by atoms with van der Waals surface area (Å²) in [5.41, 5.74) is 1.62. The molecule has 2 heterocycles. The van der Waals surface area contributed by atoms with Crippen molar-refractivity contribution in [1.82, 2.24) is 15.6 Å². The number of ketones is 1. The van der Waals surface area contributed by atoms with Gasteiger partial charge < -0.3 is 26.2 Å². The molecule has 1 saturated carbocycles. The van der Waals surface area contributed by atoms with Crippen molar-refractivity contribution in [1.29, 1.82) is 5.26 Å². The molecular formula is C29H33BrN6O5. The number of carboxylic acid groups (broad SMARTS) is 1. The van der Waals surface area contributed by atoms with Crippen LogP contribution in [-0.4, -0.2) is 64.6 Å². The van der Waals surface area contributed by atoms with Gasteiger partial charge in [0.2, 0.25) is 0 Å². The summed E-state index contributed by atoms with van der Waals surface area (Å²) in [7, 11) is 0. The van der Waals surface area contributed by atoms with Crippen LogP contribution in [0.4, 0.5) is 5.69 Å². The van der Waals surface area contributed by atoms with Gasteiger partial charge in [-0.2, -0.15) is 5.26 Å². The number of nitriles is 1. The predicted octanol–water partition coefficient (Wildman–Crippen LogP) is 3.25. The van der Waals surface area contributed by atoms with E-state index < -0.39 is 29.3 Å². The summed E-state index contributed by atoms with van der Waals surface area (Å²) in [6, 6.07) is 9.65. The molecule has 5 N–H and O–H groups in total. The van der Waals surface area contributed by atoms with Gasteiger partial charge in [0.15, 0.2) is 11.7 Å². The minimum absolute atomic E-state index is 0.0841. The number of aliphatic imine (C=N–C) groups is 1. The lowest BCUT2D eigenvalue weighted by Crippen LogP contribution is -2.42. The summed E-state index contributed by atoms with van der Waals surface area (Å²) in [5.74, 6) is -2.03. The highest BCUT2D eigenvalue weighted by atomic mass is 79.9. The molecule has 1 amide bonds. The molecule has 1 aliphatic heterocycles. The zero-order valence-electron chi connectivity index (χ0n) is 22.5. The Bertz CT molecular complexity index is 1370. The third kappa shape index (κ3) is 8.11. The fraction of sp³-hybridized carbons (Fsp3) is 0.448. The van der Waals surface area contributed by atoms with E-state index in [0.29, 0.717) is 23.8 Å². The Labute approximate surface area is 246 Å². The van der Waals surface area contributed by atoms with Crippen LogP contribution in [0.25, 0.3) is 0 Å². The smallest absolute Gasteiger partial charge is 0.303 e. The fourth-order valence-corrected chi connectivity index (χ4v) is 5.79. The molecule has 1 unspecified atom stereocenters. The molecule has 0 radical (unpaired) electrons. The van der Waals surface area contributed by atoms with Crippen molar-refractivity contribution < 1.29 is 24.6 Å². The number of carboxylic acids is 1. The maximum absolute atomic E-state index is 12.9. The van der Waals surface area contributed by atoms with E-state index in [4.69, 9.17) is 0 Å². The van der Waals surface area contributed by atoms with Gasteiger partial charge in [0.25, 0.3) is 5.91 Å². The number of aliphatic hydroxyl groups is 1. The quantitative estimate of drug-likeness (QED) is 0.265. The second kappa shape index (κ2) is 13.7. The molecule has 4 rings (SSSR count). The van der Waals surface area contributed by atoms with Gasteiger partial charge in [-0.05, 0) is 42.2 Å². The molecule has 0 spiro atoms. The molecular weight excluding hydrogens is 592 g/mol. The van der Waals surface area contributed by atoms with Crippen LogP contribution in [0.3, 0.4) is 0 Å². The molecule has 0 bridgehead atoms. The summed E-state index contributed by atoms with van der Waals surface area (Å²) in [4.78, 5) is 45.7. The lowest BCUT2D eigenvalue weighted by Gasteiger charge is -2.32. The number of halogens is 1. The molecule has 41 heavy (non-hydrogen) atoms. The molecule has 216 valence electrons. The fourth-order valence-electron chi connectivity index (χ4n) is 5.28. The molecule has 1 aliphatic carbocycles. The van der Waals surface area contributed by atoms with Crippen molar-refractivity contribution in [2.45, 2.75) is 62.4 Å². The summed E-state index contributed by atoms with van der Waals surface area (Å²) >= 11 is 3.52. The second-order valence-corrected chi connectivity index (χ2v) is 11.5. The summed E-state index contributed by atoms with van der Waals surface area (Å²) in [6.07, 6.45) is 6.47. The largest absolute Gasteiger partial charge is 0.481 e. The first kappa shape index (κ1) is 30.1. The number of anilines is 1. The SMILES string of the molecule is N#CC1(c2cc(Br)cc([C@H](CC(=O)O)CC(=O)CNC(=O)c3cncc(NC4=NCC(O)CN4)c3)c2)CCCCC1. The number of carbonyl (C=O) groups is 3. The zero-order chi connectivity index (χ0) is 29.4. The van der Waals surface area contributed by atoms with Crippen LogP contribution in [0.15, 0.2) is 46.1 Å². The first-order valence-corrected chi connectivity index (χ1v) is 14.4. The lowest BCUT2D eigenvalue weighted by molar-refractivity contribution is -0.137. The molecule has 1 aromatic carbocycles. The minimum Gasteiger partial charge on any atom is -0.481 e. The van der Waals surface area contributed by atoms with Crippen LogP contribution in [0, 0.1) is 11.3 Å². The number of β-amino-alcohol motifs (C(OH)–C–C–N with tert-alkyl or cyclic N) is 1. The number of aromatic nitrogens is 1. The number of hydrogen-bond acceptors (Lipinski definition) is 9. The summed E-state index contributed by atoms with van der Waals surface area (Å²) in [6.45, 7) is 0.334. The Morgan fingerprint density at radius 1 is 1.15 bits per heavy atom. The van der Waals surface area contributed by atoms with Crippen molar-refractivity contribution in [3.05, 3.63) is 57.8 Å². The predicted molar refractivity (Wildman–Crippen MR) is 156 cm³/mol. The molecule has 1 aromatic heterocycles. The third-order valence-corrected chi connectivity index (χ3v) is 7.89. The maximum Gasteiger partial charge on any atom is 0.303 e. The van der Waals surface area contributed by atoms with E-state index in [1.54, 1.807) is 12.1 Å². The highest BCUT2D eigenvalue weighted by Crippen LogP contribution is 2.41. The molecule has 2 atom stereocenters. The average molecular weight is 626 g/mol. The number of nitrogens with zero attached hydrogens (tertiary/aromatic N) is 3. The van der Waals surface area contributed by atoms with E-state index in [0.717, 1.165) is 42.1 Å². The van der Waals surface area contributed by atoms with Crippen molar-refractivity contribution in [3.8, 4) is 6.07 Å². The molecule has 1 fully saturated rings. The average Bonchev–Trinajstić information content (AvgIpc) is 2.96. The molecule has 2 aliphatic rings. The van der Waals surface area contributed by atoms with Gasteiger partial charge in [-0.3, -0.25) is 24.4 Å². The Kier molecular flexibility index (Phi) is 10.1. The van der Waals surface area contributed by atoms with Crippen LogP contribution in [-0.2, 0) is 15.0 Å². The number of aliphatic carboxylic acids is 1. The van der Waals surface area contributed by atoms with E-state index in [-0.39, 0.29) is 37.3 Å². The number of guanidine groups is 1. The number of benzene rings is 1. The van der Waals surface area contributed by atoms with Gasteiger partial charge in [0.1, 0.15) is 0 Å². The standard InChI is InChI=1S/C29H33BrN6O5/c30-22-7-18(6-21(11-22)29(17-31)4-2-1-3-5-29)19(10-26(39)40)9-24(37)14-33-27(41)20-8-23(13-32-12-20)36-28-34-15-25(38)16-35-28/h6-8,11-13,19,25,38H,1-5,9-10,14-16H2,(H,33,41)(H,39,40)(H2,34,35,36)/t19-/m0/s1. The number of pyridine rings is 1. The zero-order valence-corrected chi connectivity index (χ0v) is 24.1. The van der Waals surface area contributed by atoms with Crippen LogP contribution >= 0.6 is 15.9 Å². The van der Waals surface area contributed by atoms with Crippen molar-refractivity contribution in [2.75, 3.05) is 25.0 Å². The second-order valence-electron chi connectivity index (χ2n) is 10.6. The molecule has 11 nitrogen and oxygen atoms in total. The Morgan fingerprint density at radius 3 is 2.61 bits per heavy atom. The summed E-state index contributed by atoms with van der Waals surface area (Å²) in [5, 5.41) is 37.7. The van der Waals surface area contributed by atoms with Crippen LogP contribution in [0.5, 0.6) is 0 Å². The monoisotopic (exact) mass is 624 g/mol. The molecule has 2 aromatic rings. The van der Waals surface area contributed by atoms with Crippen molar-refractivity contribution in [2.24, 2.45) is 4.99 Å². The first-order chi connectivity index (χ1) is 19.7. The van der Waals surface area contributed by atoms with E-state index in [2.05, 4.69) is 47.9 Å². The third-order valence-electron chi connectivity index (χ3n) is 7.43. The number of carbonyl (C=O) groups excluding carboxylic acids is 2. The van der Waals surface area contributed by atoms with Crippen LogP contribution < -0.4 is 16.0 Å². The topological polar surface area (TPSA) is 177 Å². The first-order valence-electron chi connectivity index (χ1n) is 13.6. The van der Waals surface area contributed by atoms with E-state index in [1.807, 2.05) is 12.1 Å². The number of amides is 1. The van der Waals surface area contributed by atoms with Gasteiger partial charge in [-0.1, -0.05) is 41.3 Å². The Balaban J connectivity index is 1.42. The molecule has 12 heteroatoms. The molecule has 0 saturated heterocycles. The highest BCUT2D eigenvalue weighted by Gasteiger charge is 2.35. The highest BCUT2D eigenvalue weighted by molar-refractivity contribution is 9.10. The van der Waals surface area contributed by atoms with Gasteiger partial charge in [-0.15, -0.1) is 0 Å². The van der Waals surface area contributed by atoms with E-state index in [1.165, 1.54) is 12.4 Å². The van der Waals surface area contributed by atoms with E-state index in [9.17, 15) is 29.9 Å². The Morgan fingerprint density at radius 2 is 1.93 bits per heavy atom. The number of aliphatic hydroxyl groups excluding tert-OH is 1. The van der Waals surface area contributed by atoms with Gasteiger partial charge in [0, 0.05) is 29.6 Å². The van der Waals surface area contributed by atoms with E-state index >= 15 is 0 Å². The van der Waals surface area contributed by atoms with Crippen molar-refractivity contribution in [3.63, 3.8) is 0 Å². The van der Waals surface area contributed by atoms with Gasteiger partial charge in [-0.25, -0.2) is 0 Å². The number of Topliss-reactive ketones (excluding diaryl/α,β-unsaturated/α-hetero) is 1. The van der Waals surface area contributed by atoms with Gasteiger partial charge >= 0.3 is 5.97 Å². The minimum atomic E-state index is -1.04. The number of hydrogen-bond donors (Lipinski definition) is 5. The van der Waals surface area contributed by atoms with Crippen LogP contribution in [0.2, 0.25) is 0 Å². The lowest BCUT2D eigenvalue weighted by atomic mass is 9.70. The Hall–Kier alpha value is -3.82. The maximum atomic E-state index is 12.9. The normalized spacial score (nSPS) is 18.7. The summed E-state index contributed by atoms with van der Waals surface area (Å²) < 4.78 is 0.730. The van der Waals surface area contributed by atoms with Gasteiger partial charge in [0.05, 0.1) is 54.5 Å². The number of rotatable bonds is 10. The number of nitrogens with one attached hydrogen (secondary N) is 3. The van der Waals surface area contributed by atoms with Crippen molar-refractivity contribution >= 4 is 45.2 Å². The van der Waals surface area contributed by atoms with Crippen LogP contribution in [0.1, 0.15) is 72.3 Å².